The summed E-state index contributed by atoms with van der Waals surface area (Å²) in [6.45, 7) is 3.64. The highest BCUT2D eigenvalue weighted by Gasteiger charge is 2.17. The number of anilines is 1. The van der Waals surface area contributed by atoms with E-state index in [0.717, 1.165) is 24.3 Å². The van der Waals surface area contributed by atoms with Gasteiger partial charge in [0.25, 0.3) is 5.69 Å². The number of hydrogen-bond acceptors (Lipinski definition) is 6. The Bertz CT molecular complexity index is 730. The molecular formula is C17H19N3O4. The lowest BCUT2D eigenvalue weighted by Gasteiger charge is -2.12. The van der Waals surface area contributed by atoms with Gasteiger partial charge in [-0.15, -0.1) is 0 Å². The van der Waals surface area contributed by atoms with E-state index in [1.807, 2.05) is 12.1 Å². The molecule has 0 saturated carbocycles. The number of rotatable bonds is 6. The summed E-state index contributed by atoms with van der Waals surface area (Å²) >= 11 is 0. The van der Waals surface area contributed by atoms with E-state index in [1.54, 1.807) is 25.3 Å². The van der Waals surface area contributed by atoms with Gasteiger partial charge < -0.3 is 14.8 Å². The minimum Gasteiger partial charge on any atom is -0.472 e. The fraction of sp³-hybridized carbons (Fsp3) is 0.353. The van der Waals surface area contributed by atoms with Gasteiger partial charge in [-0.25, -0.2) is 4.98 Å². The van der Waals surface area contributed by atoms with Crippen molar-refractivity contribution in [2.24, 2.45) is 0 Å². The van der Waals surface area contributed by atoms with E-state index in [2.05, 4.69) is 10.3 Å². The largest absolute Gasteiger partial charge is 0.472 e. The quantitative estimate of drug-likeness (QED) is 0.647. The average molecular weight is 329 g/mol. The van der Waals surface area contributed by atoms with Gasteiger partial charge in [-0.05, 0) is 30.7 Å². The van der Waals surface area contributed by atoms with E-state index in [-0.39, 0.29) is 16.7 Å². The number of nitrogens with one attached hydrogen (secondary N) is 1. The maximum Gasteiger partial charge on any atom is 0.272 e. The van der Waals surface area contributed by atoms with Gasteiger partial charge >= 0.3 is 0 Å². The zero-order chi connectivity index (χ0) is 16.9. The van der Waals surface area contributed by atoms with Crippen LogP contribution >= 0.6 is 0 Å². The molecule has 1 aliphatic heterocycles. The first kappa shape index (κ1) is 16.2. The van der Waals surface area contributed by atoms with Crippen LogP contribution in [0.3, 0.4) is 0 Å². The number of aromatic nitrogens is 1. The number of aryl methyl sites for hydroxylation is 1. The Labute approximate surface area is 139 Å². The molecule has 7 nitrogen and oxygen atoms in total. The molecule has 0 amide bonds. The number of hydrogen-bond donors (Lipinski definition) is 1. The number of ether oxygens (including phenoxy) is 2. The van der Waals surface area contributed by atoms with Crippen molar-refractivity contribution in [1.29, 1.82) is 0 Å². The van der Waals surface area contributed by atoms with Crippen molar-refractivity contribution in [3.05, 3.63) is 57.8 Å². The molecule has 2 heterocycles. The summed E-state index contributed by atoms with van der Waals surface area (Å²) in [6, 6.07) is 8.79. The monoisotopic (exact) mass is 329 g/mol. The second kappa shape index (κ2) is 7.27. The summed E-state index contributed by atoms with van der Waals surface area (Å²) in [6.07, 6.45) is 2.66. The van der Waals surface area contributed by atoms with Gasteiger partial charge in [0.15, 0.2) is 0 Å². The highest BCUT2D eigenvalue weighted by molar-refractivity contribution is 5.53. The van der Waals surface area contributed by atoms with Gasteiger partial charge in [-0.2, -0.15) is 0 Å². The SMILES string of the molecule is Cc1cc(NCc2ccnc(OC3CCOC3)c2)ccc1[N+](=O)[O-]. The molecule has 1 atom stereocenters. The lowest BCUT2D eigenvalue weighted by atomic mass is 10.1. The molecule has 0 bridgehead atoms. The maximum atomic E-state index is 10.8. The molecule has 1 unspecified atom stereocenters. The molecule has 126 valence electrons. The summed E-state index contributed by atoms with van der Waals surface area (Å²) in [7, 11) is 0. The van der Waals surface area contributed by atoms with Crippen LogP contribution in [0.2, 0.25) is 0 Å². The summed E-state index contributed by atoms with van der Waals surface area (Å²) < 4.78 is 11.1. The molecule has 1 aromatic heterocycles. The van der Waals surface area contributed by atoms with Crippen LogP contribution in [0.5, 0.6) is 5.88 Å². The molecule has 1 N–H and O–H groups in total. The first-order chi connectivity index (χ1) is 11.6. The fourth-order valence-electron chi connectivity index (χ4n) is 2.58. The first-order valence-corrected chi connectivity index (χ1v) is 7.80. The van der Waals surface area contributed by atoms with Gasteiger partial charge in [0, 0.05) is 42.5 Å². The van der Waals surface area contributed by atoms with Crippen LogP contribution in [0, 0.1) is 17.0 Å². The van der Waals surface area contributed by atoms with Gasteiger partial charge in [0.2, 0.25) is 5.88 Å². The predicted molar refractivity (Wildman–Crippen MR) is 89.2 cm³/mol. The number of pyridine rings is 1. The van der Waals surface area contributed by atoms with Crippen molar-refractivity contribution in [1.82, 2.24) is 4.98 Å². The van der Waals surface area contributed by atoms with E-state index in [1.165, 1.54) is 6.07 Å². The summed E-state index contributed by atoms with van der Waals surface area (Å²) in [5.74, 6) is 0.588. The molecule has 1 aliphatic rings. The van der Waals surface area contributed by atoms with E-state index in [4.69, 9.17) is 9.47 Å². The number of nitro benzene ring substituents is 1. The van der Waals surface area contributed by atoms with Crippen LogP contribution in [0.15, 0.2) is 36.5 Å². The highest BCUT2D eigenvalue weighted by atomic mass is 16.6. The van der Waals surface area contributed by atoms with Gasteiger partial charge in [0.1, 0.15) is 6.10 Å². The van der Waals surface area contributed by atoms with Gasteiger partial charge in [-0.3, -0.25) is 10.1 Å². The van der Waals surface area contributed by atoms with Crippen molar-refractivity contribution >= 4 is 11.4 Å². The second-order valence-electron chi connectivity index (χ2n) is 5.72. The molecule has 1 aromatic carbocycles. The van der Waals surface area contributed by atoms with Crippen LogP contribution in [0.1, 0.15) is 17.5 Å². The Balaban J connectivity index is 1.62. The lowest BCUT2D eigenvalue weighted by Crippen LogP contribution is -2.16. The topological polar surface area (TPSA) is 86.5 Å². The zero-order valence-corrected chi connectivity index (χ0v) is 13.4. The minimum absolute atomic E-state index is 0.0676. The Hall–Kier alpha value is -2.67. The number of nitro groups is 1. The number of benzene rings is 1. The van der Waals surface area contributed by atoms with Crippen LogP contribution in [-0.4, -0.2) is 29.2 Å². The molecule has 1 saturated heterocycles. The van der Waals surface area contributed by atoms with Crippen molar-refractivity contribution in [3.8, 4) is 5.88 Å². The molecule has 24 heavy (non-hydrogen) atoms. The summed E-state index contributed by atoms with van der Waals surface area (Å²) in [5.41, 5.74) is 2.61. The zero-order valence-electron chi connectivity index (χ0n) is 13.4. The van der Waals surface area contributed by atoms with Gasteiger partial charge in [0.05, 0.1) is 18.1 Å². The Morgan fingerprint density at radius 2 is 2.29 bits per heavy atom. The molecule has 0 aliphatic carbocycles. The predicted octanol–water partition coefficient (Wildman–Crippen LogP) is 3.08. The fourth-order valence-corrected chi connectivity index (χ4v) is 2.58. The third kappa shape index (κ3) is 3.99. The van der Waals surface area contributed by atoms with Crippen LogP contribution in [0.4, 0.5) is 11.4 Å². The third-order valence-corrected chi connectivity index (χ3v) is 3.86. The van der Waals surface area contributed by atoms with Crippen LogP contribution in [-0.2, 0) is 11.3 Å². The molecular weight excluding hydrogens is 310 g/mol. The van der Waals surface area contributed by atoms with E-state index < -0.39 is 0 Å². The Morgan fingerprint density at radius 1 is 1.42 bits per heavy atom. The van der Waals surface area contributed by atoms with Gasteiger partial charge in [-0.1, -0.05) is 0 Å². The summed E-state index contributed by atoms with van der Waals surface area (Å²) in [4.78, 5) is 14.7. The lowest BCUT2D eigenvalue weighted by molar-refractivity contribution is -0.385. The third-order valence-electron chi connectivity index (χ3n) is 3.86. The number of nitrogens with zero attached hydrogens (tertiary/aromatic N) is 2. The van der Waals surface area contributed by atoms with E-state index in [9.17, 15) is 10.1 Å². The molecule has 1 fully saturated rings. The van der Waals surface area contributed by atoms with Crippen molar-refractivity contribution < 1.29 is 14.4 Å². The van der Waals surface area contributed by atoms with Crippen molar-refractivity contribution in [3.63, 3.8) is 0 Å². The van der Waals surface area contributed by atoms with Crippen LogP contribution < -0.4 is 10.1 Å². The second-order valence-corrected chi connectivity index (χ2v) is 5.72. The summed E-state index contributed by atoms with van der Waals surface area (Å²) in [5, 5.41) is 14.1. The molecule has 7 heteroatoms. The van der Waals surface area contributed by atoms with Crippen molar-refractivity contribution in [2.45, 2.75) is 26.0 Å². The average Bonchev–Trinajstić information content (AvgIpc) is 3.06. The standard InChI is InChI=1S/C17H19N3O4/c1-12-8-14(2-3-16(12)20(21)22)19-10-13-4-6-18-17(9-13)24-15-5-7-23-11-15/h2-4,6,8-9,15,19H,5,7,10-11H2,1H3. The normalized spacial score (nSPS) is 16.8. The Kier molecular flexibility index (Phi) is 4.90. The molecule has 0 radical (unpaired) electrons. The molecule has 2 aromatic rings. The molecule has 0 spiro atoms. The van der Waals surface area contributed by atoms with E-state index in [0.29, 0.717) is 24.6 Å². The molecule has 3 rings (SSSR count). The minimum atomic E-state index is -0.377. The highest BCUT2D eigenvalue weighted by Crippen LogP contribution is 2.22. The van der Waals surface area contributed by atoms with Crippen molar-refractivity contribution in [2.75, 3.05) is 18.5 Å². The van der Waals surface area contributed by atoms with Crippen LogP contribution in [0.25, 0.3) is 0 Å². The maximum absolute atomic E-state index is 10.8. The Morgan fingerprint density at radius 3 is 3.00 bits per heavy atom. The van der Waals surface area contributed by atoms with E-state index >= 15 is 0 Å². The first-order valence-electron chi connectivity index (χ1n) is 7.80. The smallest absolute Gasteiger partial charge is 0.272 e.